The number of aromatic nitrogens is 2. The van der Waals surface area contributed by atoms with Gasteiger partial charge in [0.1, 0.15) is 18.2 Å². The Balaban J connectivity index is 1.27. The van der Waals surface area contributed by atoms with Crippen molar-refractivity contribution in [1.82, 2.24) is 15.3 Å². The first-order valence-electron chi connectivity index (χ1n) is 10.8. The Morgan fingerprint density at radius 3 is 2.55 bits per heavy atom. The van der Waals surface area contributed by atoms with Gasteiger partial charge < -0.3 is 15.0 Å². The summed E-state index contributed by atoms with van der Waals surface area (Å²) in [6.07, 6.45) is 3.22. The number of ether oxygens (including phenoxy) is 1. The van der Waals surface area contributed by atoms with Crippen LogP contribution in [0.5, 0.6) is 5.75 Å². The molecule has 0 atom stereocenters. The lowest BCUT2D eigenvalue weighted by Crippen LogP contribution is -2.19. The molecule has 160 valence electrons. The maximum absolute atomic E-state index is 5.92. The average Bonchev–Trinajstić information content (AvgIpc) is 3.22. The molecule has 4 aromatic rings. The number of hydrogen-bond donors (Lipinski definition) is 2. The van der Waals surface area contributed by atoms with Crippen LogP contribution in [-0.2, 0) is 19.4 Å². The fourth-order valence-corrected chi connectivity index (χ4v) is 3.86. The van der Waals surface area contributed by atoms with Gasteiger partial charge in [0, 0.05) is 5.02 Å². The fraction of sp³-hybridized carbons (Fsp3) is 0.269. The zero-order valence-electron chi connectivity index (χ0n) is 17.8. The Hall–Kier alpha value is -2.82. The van der Waals surface area contributed by atoms with Crippen LogP contribution in [0, 0.1) is 6.92 Å². The minimum Gasteiger partial charge on any atom is -0.486 e. The molecule has 0 fully saturated rings. The van der Waals surface area contributed by atoms with Gasteiger partial charge >= 0.3 is 0 Å². The van der Waals surface area contributed by atoms with Crippen LogP contribution in [0.1, 0.15) is 28.9 Å². The number of aromatic amines is 1. The van der Waals surface area contributed by atoms with E-state index in [1.54, 1.807) is 0 Å². The SMILES string of the molecule is Cc1c(CCCNCCc2ccccc2)ccc2[nH]c(COc3ccc(Cl)cc3)nc12. The number of aryl methyl sites for hydroxylation is 2. The first-order valence-corrected chi connectivity index (χ1v) is 11.2. The van der Waals surface area contributed by atoms with Crippen molar-refractivity contribution in [3.05, 3.63) is 94.3 Å². The second kappa shape index (κ2) is 10.5. The largest absolute Gasteiger partial charge is 0.486 e. The van der Waals surface area contributed by atoms with Gasteiger partial charge in [-0.2, -0.15) is 0 Å². The maximum Gasteiger partial charge on any atom is 0.146 e. The summed E-state index contributed by atoms with van der Waals surface area (Å²) in [5.41, 5.74) is 6.07. The molecule has 0 radical (unpaired) electrons. The Kier molecular flexibility index (Phi) is 7.23. The van der Waals surface area contributed by atoms with E-state index in [-0.39, 0.29) is 0 Å². The average molecular weight is 434 g/mol. The number of imidazole rings is 1. The maximum atomic E-state index is 5.92. The van der Waals surface area contributed by atoms with Crippen LogP contribution in [0.4, 0.5) is 0 Å². The normalized spacial score (nSPS) is 11.2. The van der Waals surface area contributed by atoms with E-state index < -0.39 is 0 Å². The third kappa shape index (κ3) is 5.87. The molecule has 0 spiro atoms. The zero-order valence-corrected chi connectivity index (χ0v) is 18.6. The summed E-state index contributed by atoms with van der Waals surface area (Å²) >= 11 is 5.92. The lowest BCUT2D eigenvalue weighted by molar-refractivity contribution is 0.297. The number of hydrogen-bond acceptors (Lipinski definition) is 3. The van der Waals surface area contributed by atoms with Gasteiger partial charge in [0.05, 0.1) is 11.0 Å². The van der Waals surface area contributed by atoms with Crippen molar-refractivity contribution in [2.24, 2.45) is 0 Å². The smallest absolute Gasteiger partial charge is 0.146 e. The highest BCUT2D eigenvalue weighted by Crippen LogP contribution is 2.22. The molecular weight excluding hydrogens is 406 g/mol. The quantitative estimate of drug-likeness (QED) is 0.307. The fourth-order valence-electron chi connectivity index (χ4n) is 3.73. The summed E-state index contributed by atoms with van der Waals surface area (Å²) in [5.74, 6) is 1.61. The Morgan fingerprint density at radius 1 is 0.935 bits per heavy atom. The van der Waals surface area contributed by atoms with Crippen LogP contribution >= 0.6 is 11.6 Å². The van der Waals surface area contributed by atoms with Crippen LogP contribution in [0.25, 0.3) is 11.0 Å². The number of benzene rings is 3. The molecule has 0 amide bonds. The van der Waals surface area contributed by atoms with Crippen molar-refractivity contribution >= 4 is 22.6 Å². The number of fused-ring (bicyclic) bond motifs is 1. The molecule has 0 saturated heterocycles. The summed E-state index contributed by atoms with van der Waals surface area (Å²) in [4.78, 5) is 8.14. The predicted molar refractivity (Wildman–Crippen MR) is 128 cm³/mol. The van der Waals surface area contributed by atoms with Gasteiger partial charge in [0.15, 0.2) is 0 Å². The van der Waals surface area contributed by atoms with Gasteiger partial charge in [-0.15, -0.1) is 0 Å². The Morgan fingerprint density at radius 2 is 1.74 bits per heavy atom. The second-order valence-corrected chi connectivity index (χ2v) is 8.20. The predicted octanol–water partition coefficient (Wildman–Crippen LogP) is 5.87. The van der Waals surface area contributed by atoms with E-state index in [1.165, 1.54) is 16.7 Å². The summed E-state index contributed by atoms with van der Waals surface area (Å²) in [7, 11) is 0. The molecule has 4 rings (SSSR count). The van der Waals surface area contributed by atoms with Crippen molar-refractivity contribution in [2.45, 2.75) is 32.8 Å². The molecule has 0 saturated carbocycles. The van der Waals surface area contributed by atoms with E-state index in [4.69, 9.17) is 21.3 Å². The molecule has 0 aliphatic rings. The lowest BCUT2D eigenvalue weighted by atomic mass is 10.0. The van der Waals surface area contributed by atoms with Crippen LogP contribution in [0.15, 0.2) is 66.7 Å². The zero-order chi connectivity index (χ0) is 21.5. The van der Waals surface area contributed by atoms with Gasteiger partial charge in [-0.25, -0.2) is 4.98 Å². The Labute approximate surface area is 188 Å². The number of H-pyrrole nitrogens is 1. The highest BCUT2D eigenvalue weighted by molar-refractivity contribution is 6.30. The van der Waals surface area contributed by atoms with Crippen molar-refractivity contribution in [3.8, 4) is 5.75 Å². The van der Waals surface area contributed by atoms with Crippen LogP contribution in [0.3, 0.4) is 0 Å². The number of nitrogens with one attached hydrogen (secondary N) is 2. The molecule has 3 aromatic carbocycles. The first kappa shape index (κ1) is 21.4. The molecule has 0 aliphatic carbocycles. The van der Waals surface area contributed by atoms with Crippen LogP contribution in [0.2, 0.25) is 5.02 Å². The highest BCUT2D eigenvalue weighted by Gasteiger charge is 2.09. The topological polar surface area (TPSA) is 49.9 Å². The summed E-state index contributed by atoms with van der Waals surface area (Å²) in [5, 5.41) is 4.25. The van der Waals surface area contributed by atoms with Crippen molar-refractivity contribution in [1.29, 1.82) is 0 Å². The summed E-state index contributed by atoms with van der Waals surface area (Å²) in [6, 6.07) is 22.3. The Bertz CT molecular complexity index is 1110. The van der Waals surface area contributed by atoms with Crippen molar-refractivity contribution < 1.29 is 4.74 Å². The molecule has 1 aromatic heterocycles. The van der Waals surface area contributed by atoms with Crippen molar-refractivity contribution in [3.63, 3.8) is 0 Å². The highest BCUT2D eigenvalue weighted by atomic mass is 35.5. The van der Waals surface area contributed by atoms with E-state index in [9.17, 15) is 0 Å². The van der Waals surface area contributed by atoms with Gasteiger partial charge in [-0.05, 0) is 86.3 Å². The molecule has 5 heteroatoms. The van der Waals surface area contributed by atoms with E-state index in [0.717, 1.165) is 55.0 Å². The summed E-state index contributed by atoms with van der Waals surface area (Å²) < 4.78 is 5.82. The van der Waals surface area contributed by atoms with Gasteiger partial charge in [0.25, 0.3) is 0 Å². The summed E-state index contributed by atoms with van der Waals surface area (Å²) in [6.45, 7) is 4.59. The second-order valence-electron chi connectivity index (χ2n) is 7.76. The van der Waals surface area contributed by atoms with Gasteiger partial charge in [-0.3, -0.25) is 0 Å². The van der Waals surface area contributed by atoms with E-state index in [1.807, 2.05) is 24.3 Å². The molecule has 0 unspecified atom stereocenters. The molecule has 4 nitrogen and oxygen atoms in total. The monoisotopic (exact) mass is 433 g/mol. The molecular formula is C26H28ClN3O. The van der Waals surface area contributed by atoms with Gasteiger partial charge in [0.2, 0.25) is 0 Å². The minimum absolute atomic E-state index is 0.399. The third-order valence-corrected chi connectivity index (χ3v) is 5.74. The molecule has 31 heavy (non-hydrogen) atoms. The van der Waals surface area contributed by atoms with E-state index in [2.05, 4.69) is 59.7 Å². The number of halogens is 1. The molecule has 0 bridgehead atoms. The standard InChI is InChI=1S/C26H28ClN3O/c1-19-21(8-5-16-28-17-15-20-6-3-2-4-7-20)9-14-24-26(19)30-25(29-24)18-31-23-12-10-22(27)11-13-23/h2-4,6-7,9-14,28H,5,8,15-18H2,1H3,(H,29,30). The number of rotatable bonds is 10. The first-order chi connectivity index (χ1) is 15.2. The number of nitrogens with zero attached hydrogens (tertiary/aromatic N) is 1. The van der Waals surface area contributed by atoms with Gasteiger partial charge in [-0.1, -0.05) is 48.0 Å². The molecule has 2 N–H and O–H groups in total. The third-order valence-electron chi connectivity index (χ3n) is 5.49. The van der Waals surface area contributed by atoms with Crippen molar-refractivity contribution in [2.75, 3.05) is 13.1 Å². The van der Waals surface area contributed by atoms with E-state index in [0.29, 0.717) is 11.6 Å². The molecule has 0 aliphatic heterocycles. The minimum atomic E-state index is 0.399. The van der Waals surface area contributed by atoms with Crippen LogP contribution in [-0.4, -0.2) is 23.1 Å². The molecule has 1 heterocycles. The van der Waals surface area contributed by atoms with E-state index >= 15 is 0 Å². The van der Waals surface area contributed by atoms with Crippen LogP contribution < -0.4 is 10.1 Å². The lowest BCUT2D eigenvalue weighted by Gasteiger charge is -2.08.